The summed E-state index contributed by atoms with van der Waals surface area (Å²) in [6, 6.07) is 0. The van der Waals surface area contributed by atoms with E-state index in [0.717, 1.165) is 32.3 Å². The number of nitrogens with two attached hydrogens (primary N) is 1. The zero-order chi connectivity index (χ0) is 14.0. The first-order valence-corrected chi connectivity index (χ1v) is 8.62. The van der Waals surface area contributed by atoms with Crippen LogP contribution in [0.25, 0.3) is 0 Å². The number of ether oxygens (including phenoxy) is 1. The van der Waals surface area contributed by atoms with Crippen molar-refractivity contribution in [3.63, 3.8) is 0 Å². The zero-order valence-electron chi connectivity index (χ0n) is 12.6. The summed E-state index contributed by atoms with van der Waals surface area (Å²) in [6.45, 7) is 1.47. The molecular weight excluding hydrogens is 250 g/mol. The summed E-state index contributed by atoms with van der Waals surface area (Å²) >= 11 is 0. The fraction of sp³-hybridized carbons (Fsp3) is 0.941. The van der Waals surface area contributed by atoms with Gasteiger partial charge in [-0.15, -0.1) is 0 Å². The molecule has 20 heavy (non-hydrogen) atoms. The van der Waals surface area contributed by atoms with E-state index in [2.05, 4.69) is 0 Å². The van der Waals surface area contributed by atoms with Crippen LogP contribution in [0.1, 0.15) is 64.2 Å². The van der Waals surface area contributed by atoms with Gasteiger partial charge < -0.3 is 10.5 Å². The summed E-state index contributed by atoms with van der Waals surface area (Å²) in [5.41, 5.74) is 5.90. The van der Waals surface area contributed by atoms with Crippen LogP contribution in [0.5, 0.6) is 0 Å². The third-order valence-electron chi connectivity index (χ3n) is 5.99. The molecule has 0 aromatic heterocycles. The molecule has 114 valence electrons. The molecule has 3 unspecified atom stereocenters. The highest BCUT2D eigenvalue weighted by atomic mass is 16.5. The molecule has 3 rings (SSSR count). The van der Waals surface area contributed by atoms with E-state index in [1.54, 1.807) is 0 Å². The van der Waals surface area contributed by atoms with Crippen LogP contribution in [-0.4, -0.2) is 24.5 Å². The van der Waals surface area contributed by atoms with Gasteiger partial charge in [0.05, 0.1) is 5.60 Å². The molecule has 1 aliphatic heterocycles. The predicted molar refractivity (Wildman–Crippen MR) is 79.4 cm³/mol. The minimum atomic E-state index is 0.0492. The van der Waals surface area contributed by atoms with Crippen molar-refractivity contribution in [1.29, 1.82) is 0 Å². The summed E-state index contributed by atoms with van der Waals surface area (Å²) in [6.07, 6.45) is 11.6. The van der Waals surface area contributed by atoms with Crippen molar-refractivity contribution in [1.82, 2.24) is 0 Å². The molecule has 1 saturated heterocycles. The van der Waals surface area contributed by atoms with Gasteiger partial charge in [-0.2, -0.15) is 0 Å². The Bertz CT molecular complexity index is 343. The monoisotopic (exact) mass is 279 g/mol. The molecule has 0 aromatic carbocycles. The van der Waals surface area contributed by atoms with Crippen LogP contribution in [0.2, 0.25) is 0 Å². The van der Waals surface area contributed by atoms with Crippen molar-refractivity contribution in [2.75, 3.05) is 13.2 Å². The lowest BCUT2D eigenvalue weighted by atomic mass is 9.72. The molecule has 2 aliphatic carbocycles. The molecule has 3 atom stereocenters. The van der Waals surface area contributed by atoms with Gasteiger partial charge in [-0.3, -0.25) is 4.79 Å². The zero-order valence-corrected chi connectivity index (χ0v) is 12.6. The number of hydrogen-bond donors (Lipinski definition) is 1. The van der Waals surface area contributed by atoms with Crippen molar-refractivity contribution in [2.45, 2.75) is 69.8 Å². The minimum Gasteiger partial charge on any atom is -0.375 e. The van der Waals surface area contributed by atoms with Crippen LogP contribution >= 0.6 is 0 Å². The molecule has 3 nitrogen and oxygen atoms in total. The molecule has 0 bridgehead atoms. The van der Waals surface area contributed by atoms with Crippen LogP contribution < -0.4 is 5.73 Å². The Balaban J connectivity index is 1.65. The highest BCUT2D eigenvalue weighted by molar-refractivity contribution is 5.84. The minimum absolute atomic E-state index is 0.0492. The Labute approximate surface area is 122 Å². The van der Waals surface area contributed by atoms with Gasteiger partial charge in [-0.1, -0.05) is 25.7 Å². The van der Waals surface area contributed by atoms with Gasteiger partial charge >= 0.3 is 0 Å². The summed E-state index contributed by atoms with van der Waals surface area (Å²) in [5, 5.41) is 0. The maximum absolute atomic E-state index is 12.9. The molecule has 0 amide bonds. The van der Waals surface area contributed by atoms with Crippen molar-refractivity contribution < 1.29 is 9.53 Å². The highest BCUT2D eigenvalue weighted by Crippen LogP contribution is 2.43. The average Bonchev–Trinajstić information content (AvgIpc) is 2.96. The van der Waals surface area contributed by atoms with E-state index in [4.69, 9.17) is 10.5 Å². The Kier molecular flexibility index (Phi) is 4.46. The van der Waals surface area contributed by atoms with E-state index >= 15 is 0 Å². The van der Waals surface area contributed by atoms with E-state index in [9.17, 15) is 4.79 Å². The maximum atomic E-state index is 12.9. The number of carbonyl (C=O) groups excluding carboxylic acids is 1. The van der Waals surface area contributed by atoms with Crippen molar-refractivity contribution in [2.24, 2.45) is 23.5 Å². The van der Waals surface area contributed by atoms with E-state index < -0.39 is 0 Å². The Morgan fingerprint density at radius 2 is 1.90 bits per heavy atom. The van der Waals surface area contributed by atoms with E-state index in [1.165, 1.54) is 38.5 Å². The van der Waals surface area contributed by atoms with Crippen molar-refractivity contribution in [3.8, 4) is 0 Å². The molecule has 0 radical (unpaired) electrons. The van der Waals surface area contributed by atoms with Crippen molar-refractivity contribution in [3.05, 3.63) is 0 Å². The summed E-state index contributed by atoms with van der Waals surface area (Å²) in [7, 11) is 0. The lowest BCUT2D eigenvalue weighted by molar-refractivity contribution is -0.146. The summed E-state index contributed by atoms with van der Waals surface area (Å²) < 4.78 is 6.13. The van der Waals surface area contributed by atoms with Crippen LogP contribution in [0, 0.1) is 17.8 Å². The molecular formula is C17H29NO2. The lowest BCUT2D eigenvalue weighted by Gasteiger charge is -2.43. The third kappa shape index (κ3) is 2.80. The second-order valence-corrected chi connectivity index (χ2v) is 7.22. The second kappa shape index (κ2) is 6.15. The first kappa shape index (κ1) is 14.5. The molecule has 3 aliphatic rings. The number of Topliss-reactive ketones (excluding diaryl/α,β-unsaturated/α-hetero) is 1. The third-order valence-corrected chi connectivity index (χ3v) is 5.99. The maximum Gasteiger partial charge on any atom is 0.139 e. The first-order chi connectivity index (χ1) is 9.74. The van der Waals surface area contributed by atoms with Gasteiger partial charge in [0.15, 0.2) is 0 Å². The number of hydrogen-bond acceptors (Lipinski definition) is 3. The molecule has 2 N–H and O–H groups in total. The largest absolute Gasteiger partial charge is 0.375 e. The fourth-order valence-corrected chi connectivity index (χ4v) is 4.81. The van der Waals surface area contributed by atoms with Crippen molar-refractivity contribution >= 4 is 5.78 Å². The quantitative estimate of drug-likeness (QED) is 0.864. The summed E-state index contributed by atoms with van der Waals surface area (Å²) in [4.78, 5) is 12.9. The first-order valence-electron chi connectivity index (χ1n) is 8.62. The lowest BCUT2D eigenvalue weighted by Crippen LogP contribution is -2.45. The standard InChI is InChI=1S/C17H29NO2/c18-12-14-5-4-6-15(14)16(19)13-7-10-20-17(11-13)8-2-1-3-9-17/h13-15H,1-12,18H2. The van der Waals surface area contributed by atoms with Gasteiger partial charge in [-0.25, -0.2) is 0 Å². The van der Waals surface area contributed by atoms with Crippen LogP contribution in [0.4, 0.5) is 0 Å². The fourth-order valence-electron chi connectivity index (χ4n) is 4.81. The Morgan fingerprint density at radius 3 is 2.65 bits per heavy atom. The van der Waals surface area contributed by atoms with Gasteiger partial charge in [0, 0.05) is 18.4 Å². The Morgan fingerprint density at radius 1 is 1.10 bits per heavy atom. The van der Waals surface area contributed by atoms with Crippen LogP contribution in [0.15, 0.2) is 0 Å². The molecule has 0 aromatic rings. The van der Waals surface area contributed by atoms with Gasteiger partial charge in [0.1, 0.15) is 5.78 Å². The Hall–Kier alpha value is -0.410. The van der Waals surface area contributed by atoms with E-state index in [-0.39, 0.29) is 17.4 Å². The number of rotatable bonds is 3. The SMILES string of the molecule is NCC1CCCC1C(=O)C1CCOC2(CCCCC2)C1. The molecule has 3 heteroatoms. The molecule has 1 spiro atoms. The topological polar surface area (TPSA) is 52.3 Å². The van der Waals surface area contributed by atoms with Gasteiger partial charge in [0.25, 0.3) is 0 Å². The number of ketones is 1. The number of carbonyl (C=O) groups is 1. The molecule has 2 saturated carbocycles. The molecule has 1 heterocycles. The van der Waals surface area contributed by atoms with Gasteiger partial charge in [-0.05, 0) is 51.0 Å². The molecule has 3 fully saturated rings. The average molecular weight is 279 g/mol. The van der Waals surface area contributed by atoms with Crippen LogP contribution in [0.3, 0.4) is 0 Å². The predicted octanol–water partition coefficient (Wildman–Crippen LogP) is 3.06. The smallest absolute Gasteiger partial charge is 0.139 e. The normalized spacial score (nSPS) is 37.1. The highest BCUT2D eigenvalue weighted by Gasteiger charge is 2.43. The van der Waals surface area contributed by atoms with Gasteiger partial charge in [0.2, 0.25) is 0 Å². The summed E-state index contributed by atoms with van der Waals surface area (Å²) in [5.74, 6) is 1.47. The van der Waals surface area contributed by atoms with Crippen LogP contribution in [-0.2, 0) is 9.53 Å². The van der Waals surface area contributed by atoms with E-state index in [0.29, 0.717) is 18.2 Å². The van der Waals surface area contributed by atoms with E-state index in [1.807, 2.05) is 0 Å². The second-order valence-electron chi connectivity index (χ2n) is 7.22.